The summed E-state index contributed by atoms with van der Waals surface area (Å²) in [5.41, 5.74) is 6.35. The summed E-state index contributed by atoms with van der Waals surface area (Å²) in [5, 5.41) is 15.6. The van der Waals surface area contributed by atoms with Gasteiger partial charge in [0.25, 0.3) is 0 Å². The van der Waals surface area contributed by atoms with Gasteiger partial charge >= 0.3 is 5.97 Å². The number of hydrogen-bond acceptors (Lipinski definition) is 6. The van der Waals surface area contributed by atoms with Crippen molar-refractivity contribution in [3.8, 4) is 28.1 Å². The number of fused-ring (bicyclic) bond motifs is 7. The number of ether oxygens (including phenoxy) is 2. The largest absolute Gasteiger partial charge is 0.490 e. The fraction of sp³-hybridized carbons (Fsp3) is 0.462. The van der Waals surface area contributed by atoms with Gasteiger partial charge in [-0.2, -0.15) is 9.61 Å². The van der Waals surface area contributed by atoms with Crippen molar-refractivity contribution < 1.29 is 19.4 Å². The van der Waals surface area contributed by atoms with Gasteiger partial charge in [-0.05, 0) is 96.4 Å². The maximum Gasteiger partial charge on any atom is 0.337 e. The summed E-state index contributed by atoms with van der Waals surface area (Å²) in [7, 11) is 0. The van der Waals surface area contributed by atoms with E-state index < -0.39 is 17.7 Å². The summed E-state index contributed by atoms with van der Waals surface area (Å²) < 4.78 is 14.6. The molecule has 8 heteroatoms. The van der Waals surface area contributed by atoms with Gasteiger partial charge in [-0.15, -0.1) is 0 Å². The standard InChI is InChI=1S/C39H48N4O4/c1-25-15-16-32-30(22-25)28-13-11-14-29(23-28)31-24-33-40-27(3)34(35(37(44)45)47-38(4,5)6)36(43(33)41-31)42-20-18-39(7,19-21-42)17-10-8-9-12-26(2)46-32/h8-9,11,13-16,22-24,26,35H,10,12,17-21H2,1-7H3,(H,44,45)/t26?,35-/m0/s1. The van der Waals surface area contributed by atoms with Crippen molar-refractivity contribution in [3.63, 3.8) is 0 Å². The third kappa shape index (κ3) is 7.08. The summed E-state index contributed by atoms with van der Waals surface area (Å²) in [4.78, 5) is 20.1. The highest BCUT2D eigenvalue weighted by atomic mass is 16.5. The molecule has 2 aromatic heterocycles. The van der Waals surface area contributed by atoms with Crippen LogP contribution in [-0.4, -0.2) is 50.5 Å². The second-order valence-corrected chi connectivity index (χ2v) is 14.7. The van der Waals surface area contributed by atoms with E-state index in [-0.39, 0.29) is 11.5 Å². The third-order valence-corrected chi connectivity index (χ3v) is 9.51. The van der Waals surface area contributed by atoms with Crippen LogP contribution in [-0.2, 0) is 9.53 Å². The summed E-state index contributed by atoms with van der Waals surface area (Å²) in [6.07, 6.45) is 8.35. The Morgan fingerprint density at radius 2 is 1.79 bits per heavy atom. The Morgan fingerprint density at radius 1 is 1.04 bits per heavy atom. The van der Waals surface area contributed by atoms with Crippen LogP contribution in [0.2, 0.25) is 0 Å². The number of aromatic nitrogens is 3. The Labute approximate surface area is 278 Å². The van der Waals surface area contributed by atoms with E-state index in [1.54, 1.807) is 0 Å². The average molecular weight is 637 g/mol. The van der Waals surface area contributed by atoms with E-state index in [1.165, 1.54) is 0 Å². The van der Waals surface area contributed by atoms with E-state index in [0.29, 0.717) is 16.9 Å². The number of anilines is 1. The fourth-order valence-electron chi connectivity index (χ4n) is 6.88. The van der Waals surface area contributed by atoms with Crippen LogP contribution in [0.25, 0.3) is 28.0 Å². The molecule has 3 aliphatic heterocycles. The summed E-state index contributed by atoms with van der Waals surface area (Å²) in [5.74, 6) is 0.579. The number of benzene rings is 2. The Bertz CT molecular complexity index is 1810. The summed E-state index contributed by atoms with van der Waals surface area (Å²) >= 11 is 0. The predicted octanol–water partition coefficient (Wildman–Crippen LogP) is 8.73. The van der Waals surface area contributed by atoms with E-state index >= 15 is 0 Å². The molecule has 1 unspecified atom stereocenters. The van der Waals surface area contributed by atoms with Gasteiger partial charge in [0, 0.05) is 42.4 Å². The van der Waals surface area contributed by atoms with E-state index in [9.17, 15) is 9.90 Å². The lowest BCUT2D eigenvalue weighted by Gasteiger charge is -2.41. The quantitative estimate of drug-likeness (QED) is 0.225. The molecule has 1 N–H and O–H groups in total. The minimum atomic E-state index is -1.19. The average Bonchev–Trinajstić information content (AvgIpc) is 3.43. The first-order valence-corrected chi connectivity index (χ1v) is 16.9. The zero-order chi connectivity index (χ0) is 33.5. The summed E-state index contributed by atoms with van der Waals surface area (Å²) in [6, 6.07) is 16.7. The lowest BCUT2D eigenvalue weighted by atomic mass is 9.76. The van der Waals surface area contributed by atoms with Crippen molar-refractivity contribution in [2.75, 3.05) is 18.0 Å². The molecule has 1 saturated heterocycles. The molecule has 2 aromatic carbocycles. The Morgan fingerprint density at radius 3 is 2.51 bits per heavy atom. The zero-order valence-corrected chi connectivity index (χ0v) is 28.8. The first-order valence-electron chi connectivity index (χ1n) is 16.9. The van der Waals surface area contributed by atoms with Gasteiger partial charge in [0.15, 0.2) is 11.8 Å². The molecule has 0 amide bonds. The molecular formula is C39H48N4O4. The number of allylic oxidation sites excluding steroid dienone is 1. The fourth-order valence-corrected chi connectivity index (χ4v) is 6.88. The number of rotatable bonds is 3. The van der Waals surface area contributed by atoms with Gasteiger partial charge in [0.2, 0.25) is 0 Å². The number of aryl methyl sites for hydroxylation is 2. The number of carboxylic acids is 1. The Hall–Kier alpha value is -4.17. The third-order valence-electron chi connectivity index (χ3n) is 9.51. The van der Waals surface area contributed by atoms with E-state index in [0.717, 1.165) is 84.7 Å². The molecule has 0 saturated carbocycles. The van der Waals surface area contributed by atoms with Gasteiger partial charge in [0.05, 0.1) is 23.0 Å². The smallest absolute Gasteiger partial charge is 0.337 e. The van der Waals surface area contributed by atoms with Gasteiger partial charge in [-0.3, -0.25) is 0 Å². The van der Waals surface area contributed by atoms with E-state index in [4.69, 9.17) is 19.6 Å². The normalized spacial score (nSPS) is 21.0. The molecule has 4 aromatic rings. The first kappa shape index (κ1) is 32.8. The van der Waals surface area contributed by atoms with Crippen LogP contribution in [0.5, 0.6) is 5.75 Å². The van der Waals surface area contributed by atoms with Crippen molar-refractivity contribution in [2.24, 2.45) is 5.41 Å². The number of hydrogen-bond donors (Lipinski definition) is 1. The molecule has 8 nitrogen and oxygen atoms in total. The van der Waals surface area contributed by atoms with Crippen molar-refractivity contribution in [2.45, 2.75) is 98.4 Å². The molecular weight excluding hydrogens is 588 g/mol. The molecule has 5 heterocycles. The molecule has 0 aliphatic carbocycles. The van der Waals surface area contributed by atoms with Crippen LogP contribution in [0.15, 0.2) is 60.7 Å². The van der Waals surface area contributed by atoms with Crippen LogP contribution in [0.3, 0.4) is 0 Å². The molecule has 3 aliphatic rings. The highest BCUT2D eigenvalue weighted by Gasteiger charge is 2.37. The molecule has 0 radical (unpaired) electrons. The van der Waals surface area contributed by atoms with Crippen molar-refractivity contribution in [3.05, 3.63) is 77.5 Å². The van der Waals surface area contributed by atoms with Crippen LogP contribution >= 0.6 is 0 Å². The van der Waals surface area contributed by atoms with Crippen molar-refractivity contribution in [1.29, 1.82) is 0 Å². The Balaban J connectivity index is 1.55. The molecule has 0 spiro atoms. The molecule has 7 rings (SSSR count). The highest BCUT2D eigenvalue weighted by molar-refractivity contribution is 5.80. The SMILES string of the molecule is Cc1ccc2c(c1)-c1cccc(c1)-c1cc3nc(C)c([C@H](OC(C)(C)C)C(=O)O)c(n3n1)N1CCC(C)(CCC=CCC(C)O2)CC1. The van der Waals surface area contributed by atoms with Crippen molar-refractivity contribution >= 4 is 17.4 Å². The topological polar surface area (TPSA) is 89.2 Å². The molecule has 6 bridgehead atoms. The van der Waals surface area contributed by atoms with E-state index in [2.05, 4.69) is 74.2 Å². The van der Waals surface area contributed by atoms with Gasteiger partial charge in [-0.25, -0.2) is 9.78 Å². The molecule has 2 atom stereocenters. The van der Waals surface area contributed by atoms with Crippen LogP contribution in [0, 0.1) is 19.3 Å². The van der Waals surface area contributed by atoms with Gasteiger partial charge in [0.1, 0.15) is 11.6 Å². The molecule has 47 heavy (non-hydrogen) atoms. The second-order valence-electron chi connectivity index (χ2n) is 14.7. The first-order chi connectivity index (χ1) is 22.3. The van der Waals surface area contributed by atoms with Gasteiger partial charge < -0.3 is 19.5 Å². The molecule has 248 valence electrons. The Kier molecular flexibility index (Phi) is 8.92. The van der Waals surface area contributed by atoms with Gasteiger partial charge in [-0.1, -0.05) is 48.9 Å². The number of nitrogens with zero attached hydrogens (tertiary/aromatic N) is 4. The van der Waals surface area contributed by atoms with Crippen LogP contribution in [0.1, 0.15) is 89.6 Å². The molecule has 1 fully saturated rings. The monoisotopic (exact) mass is 636 g/mol. The lowest BCUT2D eigenvalue weighted by molar-refractivity contribution is -0.160. The zero-order valence-electron chi connectivity index (χ0n) is 28.8. The minimum absolute atomic E-state index is 0.0394. The number of aliphatic carboxylic acids is 1. The van der Waals surface area contributed by atoms with Crippen LogP contribution < -0.4 is 9.64 Å². The van der Waals surface area contributed by atoms with Crippen LogP contribution in [0.4, 0.5) is 5.82 Å². The van der Waals surface area contributed by atoms with E-state index in [1.807, 2.05) is 44.3 Å². The maximum atomic E-state index is 12.8. The lowest BCUT2D eigenvalue weighted by Crippen LogP contribution is -2.41. The number of carbonyl (C=O) groups is 1. The highest BCUT2D eigenvalue weighted by Crippen LogP contribution is 2.42. The summed E-state index contributed by atoms with van der Waals surface area (Å²) in [6.45, 7) is 15.7. The maximum absolute atomic E-state index is 12.8. The number of piperidine rings is 1. The predicted molar refractivity (Wildman–Crippen MR) is 187 cm³/mol. The minimum Gasteiger partial charge on any atom is -0.490 e. The van der Waals surface area contributed by atoms with Crippen molar-refractivity contribution in [1.82, 2.24) is 14.6 Å². The number of carboxylic acid groups (broad SMARTS) is 1. The second kappa shape index (κ2) is 12.8.